The number of anilines is 1. The summed E-state index contributed by atoms with van der Waals surface area (Å²) in [4.78, 5) is 74.5. The Balaban J connectivity index is 1.01. The van der Waals surface area contributed by atoms with Gasteiger partial charge in [-0.05, 0) is 68.0 Å². The van der Waals surface area contributed by atoms with E-state index in [-0.39, 0.29) is 35.0 Å². The molecule has 8 aromatic rings. The van der Waals surface area contributed by atoms with Gasteiger partial charge in [0.2, 0.25) is 5.60 Å². The van der Waals surface area contributed by atoms with Gasteiger partial charge in [0.25, 0.3) is 11.8 Å². The quantitative estimate of drug-likeness (QED) is 0.0167. The third-order valence-electron chi connectivity index (χ3n) is 13.3. The lowest BCUT2D eigenvalue weighted by Crippen LogP contribution is -2.74. The van der Waals surface area contributed by atoms with Crippen molar-refractivity contribution in [1.29, 1.82) is 0 Å². The number of β-lactam (4-membered cyclic amide) rings is 1. The molecule has 0 aliphatic carbocycles. The van der Waals surface area contributed by atoms with Gasteiger partial charge in [-0.25, -0.2) is 19.6 Å². The predicted molar refractivity (Wildman–Crippen MR) is 299 cm³/mol. The molecule has 0 saturated carbocycles. The normalized spacial score (nSPS) is 16.7. The van der Waals surface area contributed by atoms with E-state index in [1.54, 1.807) is 30.7 Å². The summed E-state index contributed by atoms with van der Waals surface area (Å²) in [5.74, 6) is -4.47. The number of benzene rings is 6. The average molecular weight is 1100 g/mol. The minimum absolute atomic E-state index is 0.00713. The smallest absolute Gasteiger partial charge is 0.356 e. The molecule has 3 atom stereocenters. The Bertz CT molecular complexity index is 3520. The van der Waals surface area contributed by atoms with E-state index in [4.69, 9.17) is 19.3 Å². The van der Waals surface area contributed by atoms with Crippen molar-refractivity contribution in [3.05, 3.63) is 220 Å². The minimum Gasteiger partial charge on any atom is -0.504 e. The zero-order valence-electron chi connectivity index (χ0n) is 43.6. The summed E-state index contributed by atoms with van der Waals surface area (Å²) in [5.41, 5.74) is 0.658. The van der Waals surface area contributed by atoms with E-state index in [0.29, 0.717) is 27.3 Å². The van der Waals surface area contributed by atoms with Crippen LogP contribution in [0.4, 0.5) is 5.13 Å². The molecule has 2 amide bonds. The number of thiazole rings is 1. The third-order valence-corrected chi connectivity index (χ3v) is 15.7. The van der Waals surface area contributed by atoms with Gasteiger partial charge < -0.3 is 39.7 Å². The molecule has 1 fully saturated rings. The van der Waals surface area contributed by atoms with E-state index >= 15 is 0 Å². The van der Waals surface area contributed by atoms with E-state index in [2.05, 4.69) is 20.8 Å². The van der Waals surface area contributed by atoms with Crippen LogP contribution in [0.15, 0.2) is 192 Å². The number of aromatic nitrogens is 3. The molecule has 79 heavy (non-hydrogen) atoms. The van der Waals surface area contributed by atoms with Crippen molar-refractivity contribution in [2.24, 2.45) is 5.16 Å². The molecule has 2 aromatic heterocycles. The monoisotopic (exact) mass is 1100 g/mol. The van der Waals surface area contributed by atoms with Crippen molar-refractivity contribution in [3.63, 3.8) is 0 Å². The fraction of sp³-hybridized carbons (Fsp3) is 0.217. The van der Waals surface area contributed by atoms with Gasteiger partial charge in [0.05, 0.1) is 33.9 Å². The molecular formula is C60H55N7O10S2. The number of oxime groups is 1. The highest BCUT2D eigenvalue weighted by Gasteiger charge is 2.58. The summed E-state index contributed by atoms with van der Waals surface area (Å²) in [6, 6.07) is 48.8. The van der Waals surface area contributed by atoms with E-state index in [1.165, 1.54) is 43.6 Å². The average Bonchev–Trinajstić information content (AvgIpc) is 4.18. The topological polar surface area (TPSA) is 224 Å². The van der Waals surface area contributed by atoms with Crippen LogP contribution in [0.1, 0.15) is 74.2 Å². The molecule has 0 radical (unpaired) electrons. The molecule has 10 rings (SSSR count). The Hall–Kier alpha value is -8.94. The lowest BCUT2D eigenvalue weighted by Gasteiger charge is -2.49. The van der Waals surface area contributed by atoms with Crippen molar-refractivity contribution >= 4 is 67.8 Å². The van der Waals surface area contributed by atoms with Gasteiger partial charge in [-0.1, -0.05) is 157 Å². The Morgan fingerprint density at radius 1 is 0.785 bits per heavy atom. The number of phenolic OH excluding ortho intramolecular Hbond substituents is 2. The molecule has 2 unspecified atom stereocenters. The number of fused-ring (bicyclic) bond motifs is 2. The van der Waals surface area contributed by atoms with Crippen LogP contribution in [0.2, 0.25) is 0 Å². The number of nitrogens with one attached hydrogen (secondary N) is 2. The van der Waals surface area contributed by atoms with E-state index in [0.717, 1.165) is 21.6 Å². The maximum atomic E-state index is 15.0. The summed E-state index contributed by atoms with van der Waals surface area (Å²) in [6.07, 6.45) is 0.499. The van der Waals surface area contributed by atoms with Gasteiger partial charge in [0.15, 0.2) is 28.4 Å². The van der Waals surface area contributed by atoms with Gasteiger partial charge >= 0.3 is 11.9 Å². The van der Waals surface area contributed by atoms with Crippen molar-refractivity contribution < 1.29 is 47.9 Å². The van der Waals surface area contributed by atoms with Gasteiger partial charge in [0, 0.05) is 24.1 Å². The Labute approximate surface area is 461 Å². The number of phenols is 2. The van der Waals surface area contributed by atoms with E-state index in [9.17, 15) is 33.6 Å². The number of carbonyl (C=O) groups excluding carboxylic acids is 4. The van der Waals surface area contributed by atoms with Gasteiger partial charge in [0.1, 0.15) is 33.9 Å². The van der Waals surface area contributed by atoms with Crippen molar-refractivity contribution in [3.8, 4) is 11.5 Å². The lowest BCUT2D eigenvalue weighted by atomic mass is 9.77. The number of aromatic hydroxyl groups is 2. The van der Waals surface area contributed by atoms with Crippen molar-refractivity contribution in [2.75, 3.05) is 11.1 Å². The Kier molecular flexibility index (Phi) is 14.8. The van der Waals surface area contributed by atoms with Gasteiger partial charge in [-0.15, -0.1) is 11.3 Å². The molecule has 4 N–H and O–H groups in total. The molecule has 1 saturated heterocycles. The standard InChI is InChI=1S/C60H55N7O10S2/c1-58(2,3)76-56(73)59(4,5)77-65-48(44-34-78-57(62-44)64-60(40-25-15-8-16-26-40,41-27-17-9-18-28-41)42-29-19-10-20-30-42)52(70)63-49-53(71)67-50(55(72)75-51(37-21-11-6-12-22-37)38-23-13-7-14-24-38)39(35-79(74)54(49)67)33-66-36-61-43-31-46(68)47(69)32-45(43)66/h6-32,34,36,49,51,54,68-69H,33,35H2,1-5H3,(H,62,64)(H,63,70)/b65-48-/t49?,54-,79?/m1/s1. The first-order chi connectivity index (χ1) is 37.9. The van der Waals surface area contributed by atoms with Gasteiger partial charge in [-0.2, -0.15) is 0 Å². The first kappa shape index (κ1) is 53.5. The summed E-state index contributed by atoms with van der Waals surface area (Å²) in [5, 5.41) is 32.1. The SMILES string of the molecule is CC(C)(C)OC(=O)C(C)(C)O/N=C(\C(=O)NC1C(=O)N2C(C(=O)OC(c3ccccc3)c3ccccc3)=C(Cn3cnc4cc(O)c(O)cc43)CS(=O)[C@H]12)c1csc(NC(c2ccccc2)(c2ccccc2)c2ccccc2)n1. The number of hydrogen-bond acceptors (Lipinski definition) is 15. The second-order valence-corrected chi connectivity index (χ2v) is 22.8. The molecule has 6 aromatic carbocycles. The lowest BCUT2D eigenvalue weighted by molar-refractivity contribution is -0.179. The molecule has 19 heteroatoms. The Morgan fingerprint density at radius 3 is 1.86 bits per heavy atom. The summed E-state index contributed by atoms with van der Waals surface area (Å²) < 4.78 is 28.2. The maximum Gasteiger partial charge on any atom is 0.356 e. The molecule has 0 bridgehead atoms. The fourth-order valence-electron chi connectivity index (χ4n) is 9.52. The molecule has 17 nitrogen and oxygen atoms in total. The number of ether oxygens (including phenoxy) is 2. The molecule has 402 valence electrons. The van der Waals surface area contributed by atoms with E-state index in [1.807, 2.05) is 152 Å². The first-order valence-corrected chi connectivity index (χ1v) is 27.5. The second-order valence-electron chi connectivity index (χ2n) is 20.4. The molecule has 0 spiro atoms. The summed E-state index contributed by atoms with van der Waals surface area (Å²) in [7, 11) is -1.96. The summed E-state index contributed by atoms with van der Waals surface area (Å²) in [6.45, 7) is 7.84. The van der Waals surface area contributed by atoms with Crippen LogP contribution >= 0.6 is 11.3 Å². The van der Waals surface area contributed by atoms with Crippen molar-refractivity contribution in [1.82, 2.24) is 24.8 Å². The van der Waals surface area contributed by atoms with Crippen LogP contribution in [0, 0.1) is 0 Å². The number of carbonyl (C=O) groups is 4. The molecule has 4 heterocycles. The molecule has 2 aliphatic heterocycles. The summed E-state index contributed by atoms with van der Waals surface area (Å²) >= 11 is 1.18. The predicted octanol–water partition coefficient (Wildman–Crippen LogP) is 8.85. The van der Waals surface area contributed by atoms with Crippen LogP contribution in [0.5, 0.6) is 11.5 Å². The maximum absolute atomic E-state index is 15.0. The highest BCUT2D eigenvalue weighted by molar-refractivity contribution is 7.86. The number of nitrogens with zero attached hydrogens (tertiary/aromatic N) is 5. The van der Waals surface area contributed by atoms with Crippen molar-refractivity contribution in [2.45, 2.75) is 75.4 Å². The second kappa shape index (κ2) is 21.8. The number of amides is 2. The van der Waals surface area contributed by atoms with Gasteiger partial charge in [-0.3, -0.25) is 18.7 Å². The largest absolute Gasteiger partial charge is 0.504 e. The Morgan fingerprint density at radius 2 is 1.32 bits per heavy atom. The number of rotatable bonds is 17. The number of imidazole rings is 1. The number of esters is 2. The van der Waals surface area contributed by atoms with Crippen LogP contribution in [0.3, 0.4) is 0 Å². The fourth-order valence-corrected chi connectivity index (χ4v) is 11.9. The van der Waals surface area contributed by atoms with Crippen LogP contribution < -0.4 is 10.6 Å². The van der Waals surface area contributed by atoms with Crippen LogP contribution in [-0.2, 0) is 56.4 Å². The minimum atomic E-state index is -1.96. The van der Waals surface area contributed by atoms with Crippen LogP contribution in [0.25, 0.3) is 11.0 Å². The van der Waals surface area contributed by atoms with E-state index < -0.39 is 80.3 Å². The zero-order chi connectivity index (χ0) is 55.6. The van der Waals surface area contributed by atoms with Crippen LogP contribution in [-0.4, -0.2) is 91.7 Å². The molecule has 2 aliphatic rings. The number of hydrogen-bond donors (Lipinski definition) is 4. The zero-order valence-corrected chi connectivity index (χ0v) is 45.2. The first-order valence-electron chi connectivity index (χ1n) is 25.2. The molecular weight excluding hydrogens is 1040 g/mol. The third kappa shape index (κ3) is 10.9. The highest BCUT2D eigenvalue weighted by atomic mass is 32.2. The highest BCUT2D eigenvalue weighted by Crippen LogP contribution is 2.42.